The van der Waals surface area contributed by atoms with Crippen molar-refractivity contribution in [2.45, 2.75) is 6.61 Å². The van der Waals surface area contributed by atoms with Crippen LogP contribution in [0.5, 0.6) is 5.75 Å². The highest BCUT2D eigenvalue weighted by Gasteiger charge is 2.09. The third kappa shape index (κ3) is 3.28. The fourth-order valence-corrected chi connectivity index (χ4v) is 2.06. The number of benzene rings is 1. The molecule has 7 heteroatoms. The summed E-state index contributed by atoms with van der Waals surface area (Å²) in [4.78, 5) is 15.3. The quantitative estimate of drug-likeness (QED) is 0.495. The molecule has 0 bridgehead atoms. The highest BCUT2D eigenvalue weighted by Crippen LogP contribution is 2.16. The Hall–Kier alpha value is -2.43. The molecule has 0 saturated carbocycles. The van der Waals surface area contributed by atoms with E-state index in [0.29, 0.717) is 17.0 Å². The standard InChI is InChI=1S/C12H10N4O2S/c13-5-8-2-1-3-10(4-8)18-6-9-7-19-12(15-9)11(17)16-14/h1-4,7H,6,14H2,(H,16,17). The lowest BCUT2D eigenvalue weighted by molar-refractivity contribution is 0.0953. The number of nitrogens with zero attached hydrogens (tertiary/aromatic N) is 2. The largest absolute Gasteiger partial charge is 0.487 e. The van der Waals surface area contributed by atoms with E-state index < -0.39 is 5.91 Å². The molecule has 1 aromatic heterocycles. The topological polar surface area (TPSA) is 101 Å². The van der Waals surface area contributed by atoms with Crippen molar-refractivity contribution >= 4 is 17.2 Å². The number of nitrogens with one attached hydrogen (secondary N) is 1. The van der Waals surface area contributed by atoms with Gasteiger partial charge in [-0.05, 0) is 18.2 Å². The molecule has 0 fully saturated rings. The van der Waals surface area contributed by atoms with Crippen molar-refractivity contribution in [1.82, 2.24) is 10.4 Å². The van der Waals surface area contributed by atoms with Gasteiger partial charge in [0.2, 0.25) is 0 Å². The molecule has 0 radical (unpaired) electrons. The second-order valence-corrected chi connectivity index (χ2v) is 4.40. The van der Waals surface area contributed by atoms with Gasteiger partial charge in [0.05, 0.1) is 17.3 Å². The van der Waals surface area contributed by atoms with E-state index >= 15 is 0 Å². The monoisotopic (exact) mass is 274 g/mol. The number of rotatable bonds is 4. The molecule has 3 N–H and O–H groups in total. The Morgan fingerprint density at radius 2 is 2.42 bits per heavy atom. The SMILES string of the molecule is N#Cc1cccc(OCc2csc(C(=O)NN)n2)c1. The first kappa shape index (κ1) is 13.0. The number of aromatic nitrogens is 1. The molecule has 6 nitrogen and oxygen atoms in total. The van der Waals surface area contributed by atoms with Gasteiger partial charge in [0.25, 0.3) is 5.91 Å². The molecular formula is C12H10N4O2S. The Labute approximate surface area is 113 Å². The van der Waals surface area contributed by atoms with Crippen molar-refractivity contribution in [3.63, 3.8) is 0 Å². The summed E-state index contributed by atoms with van der Waals surface area (Å²) < 4.78 is 5.49. The second-order valence-electron chi connectivity index (χ2n) is 3.55. The summed E-state index contributed by atoms with van der Waals surface area (Å²) in [7, 11) is 0. The van der Waals surface area contributed by atoms with E-state index in [4.69, 9.17) is 15.8 Å². The number of carbonyl (C=O) groups excluding carboxylic acids is 1. The number of nitrogen functional groups attached to an aromatic ring is 1. The van der Waals surface area contributed by atoms with Crippen LogP contribution in [0.15, 0.2) is 29.6 Å². The highest BCUT2D eigenvalue weighted by molar-refractivity contribution is 7.11. The van der Waals surface area contributed by atoms with Crippen LogP contribution in [0.1, 0.15) is 21.1 Å². The van der Waals surface area contributed by atoms with Crippen molar-refractivity contribution in [3.8, 4) is 11.8 Å². The van der Waals surface area contributed by atoms with Crippen LogP contribution in [0.2, 0.25) is 0 Å². The first-order chi connectivity index (χ1) is 9.22. The van der Waals surface area contributed by atoms with E-state index in [1.165, 1.54) is 11.3 Å². The summed E-state index contributed by atoms with van der Waals surface area (Å²) in [6.07, 6.45) is 0. The van der Waals surface area contributed by atoms with Gasteiger partial charge in [-0.3, -0.25) is 10.2 Å². The van der Waals surface area contributed by atoms with Crippen molar-refractivity contribution in [3.05, 3.63) is 45.9 Å². The summed E-state index contributed by atoms with van der Waals surface area (Å²) in [5.41, 5.74) is 3.17. The van der Waals surface area contributed by atoms with Crippen LogP contribution in [0.25, 0.3) is 0 Å². The van der Waals surface area contributed by atoms with Crippen molar-refractivity contribution < 1.29 is 9.53 Å². The zero-order chi connectivity index (χ0) is 13.7. The van der Waals surface area contributed by atoms with Crippen LogP contribution in [0.3, 0.4) is 0 Å². The summed E-state index contributed by atoms with van der Waals surface area (Å²) in [5.74, 6) is 5.17. The van der Waals surface area contributed by atoms with Gasteiger partial charge in [0.15, 0.2) is 5.01 Å². The van der Waals surface area contributed by atoms with Gasteiger partial charge < -0.3 is 4.74 Å². The molecule has 1 amide bonds. The molecule has 0 aliphatic rings. The fourth-order valence-electron chi connectivity index (χ4n) is 1.35. The molecule has 0 atom stereocenters. The number of hydrogen-bond acceptors (Lipinski definition) is 6. The van der Waals surface area contributed by atoms with Crippen LogP contribution in [-0.4, -0.2) is 10.9 Å². The Bertz CT molecular complexity index is 633. The average Bonchev–Trinajstić information content (AvgIpc) is 2.93. The lowest BCUT2D eigenvalue weighted by atomic mass is 10.2. The predicted octanol–water partition coefficient (Wildman–Crippen LogP) is 1.20. The molecule has 2 aromatic rings. The summed E-state index contributed by atoms with van der Waals surface area (Å²) in [6, 6.07) is 8.85. The number of nitriles is 1. The van der Waals surface area contributed by atoms with E-state index in [1.807, 2.05) is 11.5 Å². The second kappa shape index (κ2) is 5.95. The maximum atomic E-state index is 11.2. The lowest BCUT2D eigenvalue weighted by Crippen LogP contribution is -2.29. The Kier molecular flexibility index (Phi) is 4.07. The van der Waals surface area contributed by atoms with E-state index in [0.717, 1.165) is 0 Å². The molecule has 2 rings (SSSR count). The van der Waals surface area contributed by atoms with E-state index in [1.54, 1.807) is 29.6 Å². The molecule has 1 heterocycles. The van der Waals surface area contributed by atoms with Crippen LogP contribution in [-0.2, 0) is 6.61 Å². The summed E-state index contributed by atoms with van der Waals surface area (Å²) >= 11 is 1.19. The average molecular weight is 274 g/mol. The minimum Gasteiger partial charge on any atom is -0.487 e. The Morgan fingerprint density at radius 1 is 1.58 bits per heavy atom. The number of hydrazine groups is 1. The van der Waals surface area contributed by atoms with Crippen LogP contribution in [0.4, 0.5) is 0 Å². The van der Waals surface area contributed by atoms with Gasteiger partial charge >= 0.3 is 0 Å². The minimum absolute atomic E-state index is 0.225. The molecule has 0 aliphatic heterocycles. The van der Waals surface area contributed by atoms with Crippen molar-refractivity contribution in [2.24, 2.45) is 5.84 Å². The first-order valence-corrected chi connectivity index (χ1v) is 6.19. The Balaban J connectivity index is 2.00. The molecule has 0 unspecified atom stereocenters. The number of ether oxygens (including phenoxy) is 1. The molecule has 19 heavy (non-hydrogen) atoms. The zero-order valence-electron chi connectivity index (χ0n) is 9.79. The van der Waals surface area contributed by atoms with E-state index in [9.17, 15) is 4.79 Å². The van der Waals surface area contributed by atoms with Gasteiger partial charge in [-0.1, -0.05) is 6.07 Å². The Morgan fingerprint density at radius 3 is 3.16 bits per heavy atom. The highest BCUT2D eigenvalue weighted by atomic mass is 32.1. The van der Waals surface area contributed by atoms with Crippen molar-refractivity contribution in [2.75, 3.05) is 0 Å². The van der Waals surface area contributed by atoms with Gasteiger partial charge in [-0.15, -0.1) is 11.3 Å². The number of carbonyl (C=O) groups is 1. The third-order valence-electron chi connectivity index (χ3n) is 2.23. The third-order valence-corrected chi connectivity index (χ3v) is 3.12. The molecule has 1 aromatic carbocycles. The number of nitrogens with two attached hydrogens (primary N) is 1. The normalized spacial score (nSPS) is 9.68. The van der Waals surface area contributed by atoms with Crippen LogP contribution < -0.4 is 16.0 Å². The van der Waals surface area contributed by atoms with Crippen LogP contribution in [0, 0.1) is 11.3 Å². The molecule has 96 valence electrons. The molecular weight excluding hydrogens is 264 g/mol. The summed E-state index contributed by atoms with van der Waals surface area (Å²) in [5, 5.41) is 10.8. The molecule has 0 saturated heterocycles. The maximum Gasteiger partial charge on any atom is 0.294 e. The summed E-state index contributed by atoms with van der Waals surface area (Å²) in [6.45, 7) is 0.225. The molecule has 0 aliphatic carbocycles. The lowest BCUT2D eigenvalue weighted by Gasteiger charge is -2.03. The van der Waals surface area contributed by atoms with Crippen LogP contribution >= 0.6 is 11.3 Å². The number of amides is 1. The zero-order valence-corrected chi connectivity index (χ0v) is 10.6. The maximum absolute atomic E-state index is 11.2. The van der Waals surface area contributed by atoms with Gasteiger partial charge in [0, 0.05) is 5.38 Å². The van der Waals surface area contributed by atoms with Gasteiger partial charge in [-0.25, -0.2) is 10.8 Å². The number of hydrogen-bond donors (Lipinski definition) is 2. The van der Waals surface area contributed by atoms with Crippen molar-refractivity contribution in [1.29, 1.82) is 5.26 Å². The fraction of sp³-hybridized carbons (Fsp3) is 0.0833. The predicted molar refractivity (Wildman–Crippen MR) is 69.3 cm³/mol. The van der Waals surface area contributed by atoms with Gasteiger partial charge in [0.1, 0.15) is 12.4 Å². The van der Waals surface area contributed by atoms with E-state index in [-0.39, 0.29) is 11.6 Å². The minimum atomic E-state index is -0.428. The van der Waals surface area contributed by atoms with Gasteiger partial charge in [-0.2, -0.15) is 5.26 Å². The number of thiazole rings is 1. The van der Waals surface area contributed by atoms with E-state index in [2.05, 4.69) is 4.98 Å². The smallest absolute Gasteiger partial charge is 0.294 e. The first-order valence-electron chi connectivity index (χ1n) is 5.31. The molecule has 0 spiro atoms.